The number of hydrogen-bond acceptors (Lipinski definition) is 4. The largest absolute Gasteiger partial charge is 0.481 e. The number of rotatable bonds is 20. The maximum atomic E-state index is 10.4. The number of aliphatic hydroxyl groups excluding tert-OH is 3. The van der Waals surface area contributed by atoms with E-state index in [4.69, 9.17) is 5.11 Å². The Morgan fingerprint density at radius 1 is 0.630 bits per heavy atom. The summed E-state index contributed by atoms with van der Waals surface area (Å²) in [5.74, 6) is -0.764. The molecule has 0 radical (unpaired) electrons. The molecule has 0 aliphatic carbocycles. The average molecular weight is 389 g/mol. The van der Waals surface area contributed by atoms with Crippen LogP contribution in [0.2, 0.25) is 0 Å². The Morgan fingerprint density at radius 3 is 1.67 bits per heavy atom. The summed E-state index contributed by atoms with van der Waals surface area (Å²) in [6.07, 6.45) is 13.7. The molecule has 4 N–H and O–H groups in total. The van der Waals surface area contributed by atoms with Crippen molar-refractivity contribution >= 4 is 5.97 Å². The summed E-state index contributed by atoms with van der Waals surface area (Å²) >= 11 is 0. The summed E-state index contributed by atoms with van der Waals surface area (Å²) in [5.41, 5.74) is 0. The molecule has 0 heterocycles. The molecule has 0 aromatic carbocycles. The molecular formula is C22H44O5. The van der Waals surface area contributed by atoms with Crippen LogP contribution >= 0.6 is 0 Å². The van der Waals surface area contributed by atoms with Crippen LogP contribution < -0.4 is 0 Å². The average Bonchev–Trinajstić information content (AvgIpc) is 2.63. The Kier molecular flexibility index (Phi) is 18.3. The molecule has 0 aliphatic heterocycles. The maximum Gasteiger partial charge on any atom is 0.303 e. The molecule has 0 aromatic rings. The van der Waals surface area contributed by atoms with Crippen molar-refractivity contribution in [3.8, 4) is 0 Å². The van der Waals surface area contributed by atoms with Crippen molar-refractivity contribution in [1.82, 2.24) is 0 Å². The molecule has 162 valence electrons. The summed E-state index contributed by atoms with van der Waals surface area (Å²) in [6, 6.07) is 0. The summed E-state index contributed by atoms with van der Waals surface area (Å²) in [6.45, 7) is 2.22. The Hall–Kier alpha value is -0.650. The van der Waals surface area contributed by atoms with E-state index in [1.54, 1.807) is 0 Å². The molecule has 0 saturated carbocycles. The lowest BCUT2D eigenvalue weighted by molar-refractivity contribution is -0.137. The van der Waals surface area contributed by atoms with E-state index in [2.05, 4.69) is 6.92 Å². The van der Waals surface area contributed by atoms with Gasteiger partial charge in [-0.05, 0) is 38.5 Å². The topological polar surface area (TPSA) is 98.0 Å². The zero-order chi connectivity index (χ0) is 20.3. The highest BCUT2D eigenvalue weighted by molar-refractivity contribution is 5.66. The molecule has 0 fully saturated rings. The first-order valence-corrected chi connectivity index (χ1v) is 11.2. The van der Waals surface area contributed by atoms with Crippen LogP contribution in [0.4, 0.5) is 0 Å². The first kappa shape index (κ1) is 26.4. The lowest BCUT2D eigenvalue weighted by atomic mass is 9.98. The molecule has 3 atom stereocenters. The number of unbranched alkanes of at least 4 members (excludes halogenated alkanes) is 9. The van der Waals surface area contributed by atoms with Gasteiger partial charge in [0.05, 0.1) is 18.3 Å². The second kappa shape index (κ2) is 18.7. The van der Waals surface area contributed by atoms with Crippen LogP contribution in [0, 0.1) is 0 Å². The predicted molar refractivity (Wildman–Crippen MR) is 110 cm³/mol. The maximum absolute atomic E-state index is 10.4. The van der Waals surface area contributed by atoms with E-state index >= 15 is 0 Å². The van der Waals surface area contributed by atoms with Gasteiger partial charge in [0.1, 0.15) is 0 Å². The van der Waals surface area contributed by atoms with Crippen LogP contribution in [0.5, 0.6) is 0 Å². The zero-order valence-electron chi connectivity index (χ0n) is 17.4. The van der Waals surface area contributed by atoms with Crippen molar-refractivity contribution in [3.05, 3.63) is 0 Å². The van der Waals surface area contributed by atoms with E-state index in [1.165, 1.54) is 38.5 Å². The van der Waals surface area contributed by atoms with Crippen LogP contribution in [0.1, 0.15) is 116 Å². The molecule has 0 amide bonds. The molecule has 5 nitrogen and oxygen atoms in total. The molecule has 5 heteroatoms. The van der Waals surface area contributed by atoms with Gasteiger partial charge in [-0.25, -0.2) is 0 Å². The van der Waals surface area contributed by atoms with Gasteiger partial charge in [-0.15, -0.1) is 0 Å². The number of carboxylic acid groups (broad SMARTS) is 1. The zero-order valence-corrected chi connectivity index (χ0v) is 17.4. The number of hydrogen-bond donors (Lipinski definition) is 4. The van der Waals surface area contributed by atoms with Gasteiger partial charge in [-0.3, -0.25) is 4.79 Å². The fourth-order valence-electron chi connectivity index (χ4n) is 3.41. The third-order valence-electron chi connectivity index (χ3n) is 5.26. The van der Waals surface area contributed by atoms with E-state index in [9.17, 15) is 20.1 Å². The van der Waals surface area contributed by atoms with Gasteiger partial charge in [0.2, 0.25) is 0 Å². The van der Waals surface area contributed by atoms with E-state index < -0.39 is 18.2 Å². The Balaban J connectivity index is 3.51. The molecule has 0 spiro atoms. The standard InChI is InChI=1S/C22H44O5/c1-2-3-4-5-6-7-10-14-19(23)15-13-17-21(25)20(24)16-11-8-9-12-18-22(26)27/h19-21,23-25H,2-18H2,1H3,(H,26,27). The van der Waals surface area contributed by atoms with Crippen LogP contribution in [0.3, 0.4) is 0 Å². The van der Waals surface area contributed by atoms with Gasteiger partial charge in [0.25, 0.3) is 0 Å². The fourth-order valence-corrected chi connectivity index (χ4v) is 3.41. The predicted octanol–water partition coefficient (Wildman–Crippen LogP) is 4.81. The molecule has 27 heavy (non-hydrogen) atoms. The van der Waals surface area contributed by atoms with Crippen molar-refractivity contribution < 1.29 is 25.2 Å². The minimum atomic E-state index is -0.764. The number of aliphatic hydroxyl groups is 3. The summed E-state index contributed by atoms with van der Waals surface area (Å²) in [5, 5.41) is 38.6. The van der Waals surface area contributed by atoms with E-state index in [0.717, 1.165) is 38.5 Å². The summed E-state index contributed by atoms with van der Waals surface area (Å²) in [4.78, 5) is 10.4. The van der Waals surface area contributed by atoms with Gasteiger partial charge >= 0.3 is 5.97 Å². The normalized spacial score (nSPS) is 14.8. The van der Waals surface area contributed by atoms with Crippen molar-refractivity contribution in [2.45, 2.75) is 134 Å². The smallest absolute Gasteiger partial charge is 0.303 e. The molecule has 0 aliphatic rings. The van der Waals surface area contributed by atoms with E-state index in [-0.39, 0.29) is 12.5 Å². The molecule has 3 unspecified atom stereocenters. The lowest BCUT2D eigenvalue weighted by Crippen LogP contribution is -2.26. The van der Waals surface area contributed by atoms with Gasteiger partial charge < -0.3 is 20.4 Å². The third-order valence-corrected chi connectivity index (χ3v) is 5.26. The molecule has 0 aromatic heterocycles. The minimum absolute atomic E-state index is 0.201. The third kappa shape index (κ3) is 18.5. The van der Waals surface area contributed by atoms with Gasteiger partial charge in [0.15, 0.2) is 0 Å². The minimum Gasteiger partial charge on any atom is -0.481 e. The van der Waals surface area contributed by atoms with Crippen LogP contribution in [0.15, 0.2) is 0 Å². The van der Waals surface area contributed by atoms with Crippen LogP contribution in [0.25, 0.3) is 0 Å². The first-order chi connectivity index (χ1) is 13.0. The molecule has 0 bridgehead atoms. The molecule has 0 rings (SSSR count). The van der Waals surface area contributed by atoms with Crippen LogP contribution in [-0.2, 0) is 4.79 Å². The second-order valence-electron chi connectivity index (χ2n) is 7.98. The highest BCUT2D eigenvalue weighted by Crippen LogP contribution is 2.16. The summed E-state index contributed by atoms with van der Waals surface area (Å²) < 4.78 is 0. The fraction of sp³-hybridized carbons (Fsp3) is 0.955. The van der Waals surface area contributed by atoms with Gasteiger partial charge in [-0.1, -0.05) is 71.1 Å². The Labute approximate surface area is 166 Å². The molecule has 0 saturated heterocycles. The number of carbonyl (C=O) groups is 1. The summed E-state index contributed by atoms with van der Waals surface area (Å²) in [7, 11) is 0. The number of aliphatic carboxylic acids is 1. The van der Waals surface area contributed by atoms with Crippen LogP contribution in [-0.4, -0.2) is 44.7 Å². The highest BCUT2D eigenvalue weighted by Gasteiger charge is 2.16. The van der Waals surface area contributed by atoms with Crippen molar-refractivity contribution in [3.63, 3.8) is 0 Å². The SMILES string of the molecule is CCCCCCCCCC(O)CCCC(O)C(O)CCCCCCC(=O)O. The van der Waals surface area contributed by atoms with Gasteiger partial charge in [0, 0.05) is 6.42 Å². The van der Waals surface area contributed by atoms with Gasteiger partial charge in [-0.2, -0.15) is 0 Å². The molecular weight excluding hydrogens is 344 g/mol. The monoisotopic (exact) mass is 388 g/mol. The van der Waals surface area contributed by atoms with Crippen molar-refractivity contribution in [1.29, 1.82) is 0 Å². The van der Waals surface area contributed by atoms with Crippen molar-refractivity contribution in [2.75, 3.05) is 0 Å². The lowest BCUT2D eigenvalue weighted by Gasteiger charge is -2.18. The van der Waals surface area contributed by atoms with E-state index in [0.29, 0.717) is 25.7 Å². The van der Waals surface area contributed by atoms with Crippen molar-refractivity contribution in [2.24, 2.45) is 0 Å². The second-order valence-corrected chi connectivity index (χ2v) is 7.98. The highest BCUT2D eigenvalue weighted by atomic mass is 16.4. The Bertz CT molecular complexity index is 335. The Morgan fingerprint density at radius 2 is 1.07 bits per heavy atom. The van der Waals surface area contributed by atoms with E-state index in [1.807, 2.05) is 0 Å². The number of carboxylic acids is 1. The quantitative estimate of drug-likeness (QED) is 0.224. The first-order valence-electron chi connectivity index (χ1n) is 11.2.